The van der Waals surface area contributed by atoms with Crippen LogP contribution in [0.15, 0.2) is 29.2 Å². The highest BCUT2D eigenvalue weighted by Gasteiger charge is 2.28. The Balaban J connectivity index is 1.42. The van der Waals surface area contributed by atoms with Crippen molar-refractivity contribution in [2.75, 3.05) is 36.5 Å². The number of carbonyl (C=O) groups is 2. The zero-order valence-electron chi connectivity index (χ0n) is 22.4. The first-order chi connectivity index (χ1) is 20.5. The van der Waals surface area contributed by atoms with Crippen molar-refractivity contribution >= 4 is 45.8 Å². The van der Waals surface area contributed by atoms with Gasteiger partial charge in [-0.25, -0.2) is 13.8 Å². The molecule has 4 N–H and O–H groups in total. The number of anilines is 2. The Hall–Kier alpha value is -4.56. The number of nitrogens with one attached hydrogen (secondary N) is 1. The van der Waals surface area contributed by atoms with Crippen LogP contribution in [0.5, 0.6) is 5.75 Å². The van der Waals surface area contributed by atoms with E-state index in [0.717, 1.165) is 12.1 Å². The summed E-state index contributed by atoms with van der Waals surface area (Å²) >= 11 is 6.24. The molecule has 4 heterocycles. The number of nitrogens with two attached hydrogens (primary N) is 1. The third-order valence-corrected chi connectivity index (χ3v) is 7.86. The average Bonchev–Trinajstić information content (AvgIpc) is 3.59. The number of aromatic hydroxyl groups is 1. The highest BCUT2D eigenvalue weighted by Crippen LogP contribution is 2.37. The number of rotatable bonds is 6. The van der Waals surface area contributed by atoms with Crippen LogP contribution in [0, 0.1) is 17.5 Å². The standard InChI is InChI=1S/C28H24ClF3N6O5/c29-16-9-17(30)19(36-4-6-43-7-5-36)10-18(16)34-21(39)12-37-11-15(13-8-14(26(33)41)25(40)24(32)23(13)31)22-27(37)35-20-2-1-3-38(20)28(22)42/h8-11,40H,1-7,12H2,(H2,33,41)(H,34,39). The molecule has 4 aromatic rings. The number of fused-ring (bicyclic) bond motifs is 2. The molecular weight excluding hydrogens is 593 g/mol. The topological polar surface area (TPSA) is 145 Å². The van der Waals surface area contributed by atoms with E-state index in [9.17, 15) is 28.3 Å². The second-order valence-corrected chi connectivity index (χ2v) is 10.6. The number of phenols is 1. The van der Waals surface area contributed by atoms with Crippen LogP contribution in [0.2, 0.25) is 5.02 Å². The van der Waals surface area contributed by atoms with Crippen LogP contribution < -0.4 is 21.5 Å². The van der Waals surface area contributed by atoms with Crippen LogP contribution in [-0.4, -0.2) is 57.3 Å². The van der Waals surface area contributed by atoms with Gasteiger partial charge in [0.15, 0.2) is 11.6 Å². The zero-order chi connectivity index (χ0) is 30.6. The summed E-state index contributed by atoms with van der Waals surface area (Å²) in [5.74, 6) is -6.48. The summed E-state index contributed by atoms with van der Waals surface area (Å²) in [6.07, 6.45) is 2.36. The lowest BCUT2D eigenvalue weighted by Crippen LogP contribution is -2.36. The van der Waals surface area contributed by atoms with E-state index < -0.39 is 58.2 Å². The minimum atomic E-state index is -1.72. The number of aryl methyl sites for hydroxylation is 1. The second-order valence-electron chi connectivity index (χ2n) is 10.2. The summed E-state index contributed by atoms with van der Waals surface area (Å²) in [7, 11) is 0. The molecule has 2 aliphatic rings. The number of amides is 2. The molecule has 2 aromatic carbocycles. The average molecular weight is 617 g/mol. The number of nitrogens with zero attached hydrogens (tertiary/aromatic N) is 4. The van der Waals surface area contributed by atoms with Gasteiger partial charge in [-0.05, 0) is 24.6 Å². The molecule has 1 saturated heterocycles. The van der Waals surface area contributed by atoms with E-state index in [1.807, 2.05) is 0 Å². The molecule has 11 nitrogen and oxygen atoms in total. The Morgan fingerprint density at radius 2 is 1.84 bits per heavy atom. The maximum absolute atomic E-state index is 15.2. The molecule has 224 valence electrons. The molecule has 43 heavy (non-hydrogen) atoms. The number of halogens is 4. The van der Waals surface area contributed by atoms with Crippen molar-refractivity contribution in [2.24, 2.45) is 5.73 Å². The fourth-order valence-electron chi connectivity index (χ4n) is 5.48. The molecule has 0 bridgehead atoms. The third kappa shape index (κ3) is 4.95. The third-order valence-electron chi connectivity index (χ3n) is 7.55. The quantitative estimate of drug-likeness (QED) is 0.302. The van der Waals surface area contributed by atoms with Gasteiger partial charge in [0.1, 0.15) is 23.8 Å². The number of morpholine rings is 1. The van der Waals surface area contributed by atoms with E-state index in [-0.39, 0.29) is 33.0 Å². The highest BCUT2D eigenvalue weighted by molar-refractivity contribution is 6.33. The minimum absolute atomic E-state index is 0.0241. The monoisotopic (exact) mass is 616 g/mol. The molecule has 0 saturated carbocycles. The largest absolute Gasteiger partial charge is 0.504 e. The van der Waals surface area contributed by atoms with Crippen molar-refractivity contribution < 1.29 is 32.6 Å². The van der Waals surface area contributed by atoms with Crippen LogP contribution >= 0.6 is 11.6 Å². The predicted molar refractivity (Wildman–Crippen MR) is 151 cm³/mol. The van der Waals surface area contributed by atoms with Crippen LogP contribution in [-0.2, 0) is 29.0 Å². The normalized spacial score (nSPS) is 14.7. The van der Waals surface area contributed by atoms with Crippen LogP contribution in [0.25, 0.3) is 22.2 Å². The maximum Gasteiger partial charge on any atom is 0.263 e. The molecule has 2 aromatic heterocycles. The number of ether oxygens (including phenoxy) is 1. The van der Waals surface area contributed by atoms with Crippen molar-refractivity contribution in [3.8, 4) is 16.9 Å². The summed E-state index contributed by atoms with van der Waals surface area (Å²) in [6.45, 7) is 1.63. The summed E-state index contributed by atoms with van der Waals surface area (Å²) < 4.78 is 52.6. The van der Waals surface area contributed by atoms with Gasteiger partial charge in [-0.15, -0.1) is 0 Å². The number of aromatic nitrogens is 3. The summed E-state index contributed by atoms with van der Waals surface area (Å²) in [4.78, 5) is 45.0. The van der Waals surface area contributed by atoms with Gasteiger partial charge in [-0.2, -0.15) is 4.39 Å². The molecule has 2 aliphatic heterocycles. The number of carbonyl (C=O) groups excluding carboxylic acids is 2. The Kier molecular flexibility index (Phi) is 7.26. The van der Waals surface area contributed by atoms with Gasteiger partial charge in [0.25, 0.3) is 11.5 Å². The molecule has 0 aliphatic carbocycles. The Bertz CT molecular complexity index is 1890. The van der Waals surface area contributed by atoms with Crippen molar-refractivity contribution in [1.82, 2.24) is 14.1 Å². The number of primary amides is 1. The van der Waals surface area contributed by atoms with E-state index in [1.54, 1.807) is 4.90 Å². The van der Waals surface area contributed by atoms with Crippen molar-refractivity contribution in [3.63, 3.8) is 0 Å². The van der Waals surface area contributed by atoms with E-state index in [0.29, 0.717) is 51.5 Å². The SMILES string of the molecule is NC(=O)c1cc(-c2cn(CC(=O)Nc3cc(N4CCOCC4)c(F)cc3Cl)c3nc4n(c(=O)c23)CCC4)c(F)c(F)c1O. The summed E-state index contributed by atoms with van der Waals surface area (Å²) in [6, 6.07) is 3.35. The Morgan fingerprint density at radius 3 is 2.56 bits per heavy atom. The van der Waals surface area contributed by atoms with E-state index in [1.165, 1.54) is 21.4 Å². The van der Waals surface area contributed by atoms with Crippen molar-refractivity contribution in [2.45, 2.75) is 25.9 Å². The van der Waals surface area contributed by atoms with E-state index >= 15 is 4.39 Å². The molecule has 0 unspecified atom stereocenters. The number of hydrogen-bond donors (Lipinski definition) is 3. The molecule has 0 radical (unpaired) electrons. The lowest BCUT2D eigenvalue weighted by atomic mass is 10.0. The lowest BCUT2D eigenvalue weighted by molar-refractivity contribution is -0.116. The first-order valence-electron chi connectivity index (χ1n) is 13.3. The fourth-order valence-corrected chi connectivity index (χ4v) is 5.68. The van der Waals surface area contributed by atoms with Gasteiger partial charge in [0.05, 0.1) is 40.6 Å². The summed E-state index contributed by atoms with van der Waals surface area (Å²) in [5.41, 5.74) is 3.73. The second kappa shape index (κ2) is 10.9. The highest BCUT2D eigenvalue weighted by atomic mass is 35.5. The Morgan fingerprint density at radius 1 is 1.09 bits per heavy atom. The minimum Gasteiger partial charge on any atom is -0.504 e. The van der Waals surface area contributed by atoms with Crippen LogP contribution in [0.1, 0.15) is 22.6 Å². The van der Waals surface area contributed by atoms with Gasteiger partial charge < -0.3 is 30.4 Å². The first kappa shape index (κ1) is 28.6. The Labute approximate surface area is 246 Å². The fraction of sp³-hybridized carbons (Fsp3) is 0.286. The molecule has 6 rings (SSSR count). The molecule has 0 atom stereocenters. The van der Waals surface area contributed by atoms with Crippen LogP contribution in [0.3, 0.4) is 0 Å². The molecule has 1 fully saturated rings. The number of benzene rings is 2. The van der Waals surface area contributed by atoms with E-state index in [4.69, 9.17) is 22.1 Å². The molecule has 0 spiro atoms. The lowest BCUT2D eigenvalue weighted by Gasteiger charge is -2.29. The van der Waals surface area contributed by atoms with Crippen molar-refractivity contribution in [3.05, 3.63) is 68.6 Å². The maximum atomic E-state index is 15.2. The molecular formula is C28H24ClF3N6O5. The van der Waals surface area contributed by atoms with Gasteiger partial charge in [-0.3, -0.25) is 19.0 Å². The zero-order valence-corrected chi connectivity index (χ0v) is 23.2. The number of hydrogen-bond acceptors (Lipinski definition) is 7. The predicted octanol–water partition coefficient (Wildman–Crippen LogP) is 3.16. The van der Waals surface area contributed by atoms with Crippen molar-refractivity contribution in [1.29, 1.82) is 0 Å². The van der Waals surface area contributed by atoms with E-state index in [2.05, 4.69) is 10.3 Å². The van der Waals surface area contributed by atoms with Gasteiger partial charge in [-0.1, -0.05) is 11.6 Å². The summed E-state index contributed by atoms with van der Waals surface area (Å²) in [5, 5.41) is 12.4. The van der Waals surface area contributed by atoms with Gasteiger partial charge in [0.2, 0.25) is 11.7 Å². The first-order valence-corrected chi connectivity index (χ1v) is 13.7. The van der Waals surface area contributed by atoms with Crippen LogP contribution in [0.4, 0.5) is 24.5 Å². The molecule has 2 amide bonds. The van der Waals surface area contributed by atoms with Gasteiger partial charge in [0, 0.05) is 43.4 Å². The van der Waals surface area contributed by atoms with Gasteiger partial charge >= 0.3 is 0 Å². The smallest absolute Gasteiger partial charge is 0.263 e. The molecule has 15 heteroatoms.